The van der Waals surface area contributed by atoms with Gasteiger partial charge in [0.2, 0.25) is 0 Å². The molecule has 1 aliphatic rings. The maximum absolute atomic E-state index is 5.57. The molecule has 1 aromatic rings. The topological polar surface area (TPSA) is 43.8 Å². The maximum atomic E-state index is 5.57. The van der Waals surface area contributed by atoms with E-state index >= 15 is 0 Å². The molecule has 0 amide bonds. The molecule has 1 heterocycles. The number of imidazole rings is 1. The monoisotopic (exact) mass is 271 g/mol. The van der Waals surface area contributed by atoms with E-state index in [1.54, 1.807) is 0 Å². The summed E-state index contributed by atoms with van der Waals surface area (Å²) in [5.74, 6) is 1.77. The second-order valence-electron chi connectivity index (χ2n) is 4.28. The molecule has 1 fully saturated rings. The summed E-state index contributed by atoms with van der Waals surface area (Å²) in [6.07, 6.45) is 6.14. The van der Waals surface area contributed by atoms with Crippen LogP contribution in [0.25, 0.3) is 0 Å². The van der Waals surface area contributed by atoms with Gasteiger partial charge in [0.25, 0.3) is 0 Å². The lowest BCUT2D eigenvalue weighted by Gasteiger charge is -2.05. The fourth-order valence-corrected chi connectivity index (χ4v) is 2.97. The third-order valence-electron chi connectivity index (χ3n) is 3.25. The number of rotatable bonds is 3. The lowest BCUT2D eigenvalue weighted by molar-refractivity contribution is 0.695. The van der Waals surface area contributed by atoms with Gasteiger partial charge in [-0.15, -0.1) is 0 Å². The van der Waals surface area contributed by atoms with Crippen LogP contribution >= 0.6 is 15.9 Å². The molecular formula is C11H18BrN3. The van der Waals surface area contributed by atoms with Crippen LogP contribution in [0.4, 0.5) is 0 Å². The number of nitrogens with zero attached hydrogens (tertiary/aromatic N) is 2. The molecule has 1 saturated carbocycles. The van der Waals surface area contributed by atoms with Gasteiger partial charge in [-0.3, -0.25) is 0 Å². The molecule has 1 aromatic heterocycles. The third-order valence-corrected chi connectivity index (χ3v) is 4.19. The number of aromatic nitrogens is 2. The predicted octanol–water partition coefficient (Wildman–Crippen LogP) is 2.34. The maximum Gasteiger partial charge on any atom is 0.110 e. The predicted molar refractivity (Wildman–Crippen MR) is 64.9 cm³/mol. The van der Waals surface area contributed by atoms with Gasteiger partial charge in [-0.05, 0) is 35.3 Å². The summed E-state index contributed by atoms with van der Waals surface area (Å²) in [5.41, 5.74) is 6.82. The highest BCUT2D eigenvalue weighted by Crippen LogP contribution is 2.37. The SMILES string of the molecule is Cn1c(CCN)nc(C2CCCC2)c1Br. The van der Waals surface area contributed by atoms with Crippen LogP contribution in [0.1, 0.15) is 43.1 Å². The Labute approximate surface area is 99.2 Å². The van der Waals surface area contributed by atoms with Gasteiger partial charge in [-0.1, -0.05) is 12.8 Å². The highest BCUT2D eigenvalue weighted by molar-refractivity contribution is 9.10. The zero-order valence-electron chi connectivity index (χ0n) is 9.17. The highest BCUT2D eigenvalue weighted by atomic mass is 79.9. The van der Waals surface area contributed by atoms with Crippen molar-refractivity contribution in [2.24, 2.45) is 12.8 Å². The van der Waals surface area contributed by atoms with Gasteiger partial charge in [0.15, 0.2) is 0 Å². The molecule has 0 bridgehead atoms. The molecular weight excluding hydrogens is 254 g/mol. The fourth-order valence-electron chi connectivity index (χ4n) is 2.36. The Morgan fingerprint density at radius 3 is 2.73 bits per heavy atom. The number of halogens is 1. The number of hydrogen-bond acceptors (Lipinski definition) is 2. The van der Waals surface area contributed by atoms with E-state index < -0.39 is 0 Å². The zero-order valence-corrected chi connectivity index (χ0v) is 10.8. The molecule has 0 spiro atoms. The lowest BCUT2D eigenvalue weighted by Crippen LogP contribution is -2.07. The Kier molecular flexibility index (Phi) is 3.46. The summed E-state index contributed by atoms with van der Waals surface area (Å²) in [4.78, 5) is 4.72. The van der Waals surface area contributed by atoms with E-state index in [1.165, 1.54) is 31.4 Å². The van der Waals surface area contributed by atoms with Gasteiger partial charge in [0.05, 0.1) is 5.69 Å². The van der Waals surface area contributed by atoms with Crippen molar-refractivity contribution in [3.63, 3.8) is 0 Å². The Hall–Kier alpha value is -0.350. The molecule has 0 aromatic carbocycles. The molecule has 0 unspecified atom stereocenters. The van der Waals surface area contributed by atoms with Gasteiger partial charge in [-0.2, -0.15) is 0 Å². The molecule has 2 N–H and O–H groups in total. The highest BCUT2D eigenvalue weighted by Gasteiger charge is 2.23. The molecule has 4 heteroatoms. The lowest BCUT2D eigenvalue weighted by atomic mass is 10.1. The van der Waals surface area contributed by atoms with Crippen molar-refractivity contribution < 1.29 is 0 Å². The van der Waals surface area contributed by atoms with Crippen molar-refractivity contribution in [1.82, 2.24) is 9.55 Å². The average Bonchev–Trinajstić information content (AvgIpc) is 2.82. The standard InChI is InChI=1S/C11H18BrN3/c1-15-9(6-7-13)14-10(11(15)12)8-4-2-3-5-8/h8H,2-7,13H2,1H3. The molecule has 15 heavy (non-hydrogen) atoms. The van der Waals surface area contributed by atoms with Crippen LogP contribution in [-0.2, 0) is 13.5 Å². The summed E-state index contributed by atoms with van der Waals surface area (Å²) < 4.78 is 3.28. The molecule has 0 saturated heterocycles. The van der Waals surface area contributed by atoms with E-state index in [4.69, 9.17) is 10.7 Å². The first-order valence-corrected chi connectivity index (χ1v) is 6.44. The average molecular weight is 272 g/mol. The van der Waals surface area contributed by atoms with Crippen LogP contribution in [0.5, 0.6) is 0 Å². The summed E-state index contributed by atoms with van der Waals surface area (Å²) in [6.45, 7) is 0.668. The van der Waals surface area contributed by atoms with Crippen molar-refractivity contribution in [3.8, 4) is 0 Å². The number of nitrogens with two attached hydrogens (primary N) is 1. The Morgan fingerprint density at radius 2 is 2.13 bits per heavy atom. The molecule has 0 aliphatic heterocycles. The zero-order chi connectivity index (χ0) is 10.8. The smallest absolute Gasteiger partial charge is 0.110 e. The van der Waals surface area contributed by atoms with Crippen LogP contribution in [0.2, 0.25) is 0 Å². The van der Waals surface area contributed by atoms with E-state index in [1.807, 2.05) is 0 Å². The van der Waals surface area contributed by atoms with Crippen LogP contribution < -0.4 is 5.73 Å². The van der Waals surface area contributed by atoms with Crippen molar-refractivity contribution in [2.45, 2.75) is 38.0 Å². The first kappa shape index (κ1) is 11.1. The second-order valence-corrected chi connectivity index (χ2v) is 5.03. The van der Waals surface area contributed by atoms with Crippen molar-refractivity contribution in [2.75, 3.05) is 6.54 Å². The van der Waals surface area contributed by atoms with Crippen molar-refractivity contribution >= 4 is 15.9 Å². The minimum absolute atomic E-state index is 0.664. The van der Waals surface area contributed by atoms with Crippen LogP contribution in [-0.4, -0.2) is 16.1 Å². The van der Waals surface area contributed by atoms with Crippen LogP contribution in [0.15, 0.2) is 4.60 Å². The van der Waals surface area contributed by atoms with E-state index in [9.17, 15) is 0 Å². The van der Waals surface area contributed by atoms with Crippen molar-refractivity contribution in [3.05, 3.63) is 16.1 Å². The van der Waals surface area contributed by atoms with Gasteiger partial charge in [0.1, 0.15) is 10.4 Å². The number of hydrogen-bond donors (Lipinski definition) is 1. The van der Waals surface area contributed by atoms with Gasteiger partial charge < -0.3 is 10.3 Å². The third kappa shape index (κ3) is 2.11. The first-order valence-electron chi connectivity index (χ1n) is 5.65. The normalized spacial score (nSPS) is 17.5. The summed E-state index contributed by atoms with van der Waals surface area (Å²) in [5, 5.41) is 0. The van der Waals surface area contributed by atoms with Gasteiger partial charge >= 0.3 is 0 Å². The minimum Gasteiger partial charge on any atom is -0.330 e. The summed E-state index contributed by atoms with van der Waals surface area (Å²) >= 11 is 3.64. The van der Waals surface area contributed by atoms with Crippen LogP contribution in [0.3, 0.4) is 0 Å². The molecule has 84 valence electrons. The molecule has 3 nitrogen and oxygen atoms in total. The second kappa shape index (κ2) is 4.66. The first-order chi connectivity index (χ1) is 7.24. The Morgan fingerprint density at radius 1 is 1.47 bits per heavy atom. The van der Waals surface area contributed by atoms with E-state index in [-0.39, 0.29) is 0 Å². The van der Waals surface area contributed by atoms with Crippen LogP contribution in [0, 0.1) is 0 Å². The Balaban J connectivity index is 2.27. The molecule has 0 radical (unpaired) electrons. The van der Waals surface area contributed by atoms with Gasteiger partial charge in [0, 0.05) is 19.4 Å². The minimum atomic E-state index is 0.664. The Bertz CT molecular complexity index is 340. The largest absolute Gasteiger partial charge is 0.330 e. The quantitative estimate of drug-likeness (QED) is 0.917. The summed E-state index contributed by atoms with van der Waals surface area (Å²) in [6, 6.07) is 0. The summed E-state index contributed by atoms with van der Waals surface area (Å²) in [7, 11) is 2.06. The molecule has 0 atom stereocenters. The van der Waals surface area contributed by atoms with Gasteiger partial charge in [-0.25, -0.2) is 4.98 Å². The molecule has 2 rings (SSSR count). The van der Waals surface area contributed by atoms with E-state index in [0.717, 1.165) is 16.8 Å². The van der Waals surface area contributed by atoms with E-state index in [0.29, 0.717) is 12.5 Å². The fraction of sp³-hybridized carbons (Fsp3) is 0.727. The van der Waals surface area contributed by atoms with E-state index in [2.05, 4.69) is 27.5 Å². The van der Waals surface area contributed by atoms with Crippen molar-refractivity contribution in [1.29, 1.82) is 0 Å². The molecule has 1 aliphatic carbocycles.